The Morgan fingerprint density at radius 1 is 1.19 bits per heavy atom. The summed E-state index contributed by atoms with van der Waals surface area (Å²) in [6.07, 6.45) is 5.42. The Kier molecular flexibility index (Phi) is 6.63. The van der Waals surface area contributed by atoms with Gasteiger partial charge in [-0.1, -0.05) is 51.3 Å². The Morgan fingerprint density at radius 3 is 2.56 bits per heavy atom. The lowest BCUT2D eigenvalue weighted by Crippen LogP contribution is -2.02. The van der Waals surface area contributed by atoms with Crippen LogP contribution in [0.5, 0.6) is 0 Å². The molecule has 0 aliphatic heterocycles. The monoisotopic (exact) mass is 236 g/mol. The van der Waals surface area contributed by atoms with Crippen LogP contribution in [0.25, 0.3) is 0 Å². The fraction of sp³-hybridized carbons (Fsp3) is 0.600. The number of hydrogen-bond donors (Lipinski definition) is 0. The predicted molar refractivity (Wildman–Crippen MR) is 75.2 cm³/mol. The zero-order chi connectivity index (χ0) is 11.8. The number of hydrogen-bond acceptors (Lipinski definition) is 1. The Morgan fingerprint density at radius 2 is 1.94 bits per heavy atom. The first-order valence-corrected chi connectivity index (χ1v) is 7.44. The smallest absolute Gasteiger partial charge is 0.0101 e. The van der Waals surface area contributed by atoms with E-state index in [1.165, 1.54) is 41.9 Å². The van der Waals surface area contributed by atoms with Crippen LogP contribution in [0, 0.1) is 12.8 Å². The van der Waals surface area contributed by atoms with Gasteiger partial charge in [-0.2, -0.15) is 0 Å². The molecule has 1 atom stereocenters. The minimum absolute atomic E-state index is 0.893. The topological polar surface area (TPSA) is 0 Å². The van der Waals surface area contributed by atoms with Crippen LogP contribution in [-0.4, -0.2) is 5.75 Å². The van der Waals surface area contributed by atoms with Crippen molar-refractivity contribution < 1.29 is 0 Å². The molecule has 0 saturated heterocycles. The summed E-state index contributed by atoms with van der Waals surface area (Å²) in [5.41, 5.74) is 1.41. The summed E-state index contributed by atoms with van der Waals surface area (Å²) in [6.45, 7) is 6.80. The van der Waals surface area contributed by atoms with E-state index in [-0.39, 0.29) is 0 Å². The molecule has 0 N–H and O–H groups in total. The lowest BCUT2D eigenvalue weighted by atomic mass is 10.0. The number of thioether (sulfide) groups is 1. The predicted octanol–water partition coefficient (Wildman–Crippen LogP) is 5.30. The molecular formula is C15H24S. The van der Waals surface area contributed by atoms with Gasteiger partial charge in [0.15, 0.2) is 0 Å². The van der Waals surface area contributed by atoms with Crippen molar-refractivity contribution in [1.29, 1.82) is 0 Å². The molecule has 1 heteroatoms. The molecule has 90 valence electrons. The molecule has 1 aromatic carbocycles. The number of aryl methyl sites for hydroxylation is 1. The maximum absolute atomic E-state index is 2.32. The summed E-state index contributed by atoms with van der Waals surface area (Å²) < 4.78 is 0. The van der Waals surface area contributed by atoms with Gasteiger partial charge in [-0.3, -0.25) is 0 Å². The zero-order valence-corrected chi connectivity index (χ0v) is 11.6. The Labute approximate surface area is 105 Å². The summed E-state index contributed by atoms with van der Waals surface area (Å²) in [5.74, 6) is 2.17. The van der Waals surface area contributed by atoms with Gasteiger partial charge in [0.05, 0.1) is 0 Å². The second-order valence-corrected chi connectivity index (χ2v) is 5.55. The average molecular weight is 236 g/mol. The molecule has 0 aliphatic carbocycles. The molecule has 0 saturated carbocycles. The van der Waals surface area contributed by atoms with Crippen molar-refractivity contribution >= 4 is 11.8 Å². The van der Waals surface area contributed by atoms with E-state index in [1.807, 2.05) is 11.8 Å². The van der Waals surface area contributed by atoms with Gasteiger partial charge in [0.1, 0.15) is 0 Å². The maximum Gasteiger partial charge on any atom is 0.0101 e. The second kappa shape index (κ2) is 7.78. The standard InChI is InChI=1S/C15H24S/c1-4-6-10-14(5-2)12-16-15-11-8-7-9-13(15)3/h7-9,11,14H,4-6,10,12H2,1-3H3. The highest BCUT2D eigenvalue weighted by Gasteiger charge is 2.07. The maximum atomic E-state index is 2.32. The summed E-state index contributed by atoms with van der Waals surface area (Å²) in [4.78, 5) is 1.46. The SMILES string of the molecule is CCCCC(CC)CSc1ccccc1C. The van der Waals surface area contributed by atoms with Gasteiger partial charge in [-0.15, -0.1) is 11.8 Å². The van der Waals surface area contributed by atoms with E-state index in [0.29, 0.717) is 0 Å². The number of rotatable bonds is 7. The van der Waals surface area contributed by atoms with E-state index in [2.05, 4.69) is 45.0 Å². The highest BCUT2D eigenvalue weighted by molar-refractivity contribution is 7.99. The first kappa shape index (κ1) is 13.6. The molecule has 0 radical (unpaired) electrons. The number of benzene rings is 1. The highest BCUT2D eigenvalue weighted by atomic mass is 32.2. The molecule has 0 amide bonds. The van der Waals surface area contributed by atoms with Crippen molar-refractivity contribution in [3.05, 3.63) is 29.8 Å². The third-order valence-electron chi connectivity index (χ3n) is 3.11. The van der Waals surface area contributed by atoms with Crippen molar-refractivity contribution in [3.63, 3.8) is 0 Å². The van der Waals surface area contributed by atoms with Gasteiger partial charge in [0.25, 0.3) is 0 Å². The molecule has 0 bridgehead atoms. The van der Waals surface area contributed by atoms with Crippen LogP contribution in [0.3, 0.4) is 0 Å². The van der Waals surface area contributed by atoms with E-state index in [4.69, 9.17) is 0 Å². The van der Waals surface area contributed by atoms with Crippen molar-refractivity contribution in [1.82, 2.24) is 0 Å². The Bertz CT molecular complexity index is 293. The molecule has 16 heavy (non-hydrogen) atoms. The molecule has 1 unspecified atom stereocenters. The first-order chi connectivity index (χ1) is 7.77. The highest BCUT2D eigenvalue weighted by Crippen LogP contribution is 2.27. The molecule has 0 aliphatic rings. The minimum Gasteiger partial charge on any atom is -0.126 e. The van der Waals surface area contributed by atoms with Crippen molar-refractivity contribution in [2.75, 3.05) is 5.75 Å². The lowest BCUT2D eigenvalue weighted by molar-refractivity contribution is 0.499. The van der Waals surface area contributed by atoms with Crippen LogP contribution in [0.4, 0.5) is 0 Å². The lowest BCUT2D eigenvalue weighted by Gasteiger charge is -2.14. The van der Waals surface area contributed by atoms with Gasteiger partial charge in [0.2, 0.25) is 0 Å². The molecule has 0 heterocycles. The van der Waals surface area contributed by atoms with Gasteiger partial charge >= 0.3 is 0 Å². The second-order valence-electron chi connectivity index (χ2n) is 4.49. The fourth-order valence-electron chi connectivity index (χ4n) is 1.82. The van der Waals surface area contributed by atoms with Gasteiger partial charge in [-0.25, -0.2) is 0 Å². The summed E-state index contributed by atoms with van der Waals surface area (Å²) in [5, 5.41) is 0. The minimum atomic E-state index is 0.893. The molecule has 0 fully saturated rings. The largest absolute Gasteiger partial charge is 0.126 e. The van der Waals surface area contributed by atoms with Crippen LogP contribution in [-0.2, 0) is 0 Å². The fourth-order valence-corrected chi connectivity index (χ4v) is 3.11. The van der Waals surface area contributed by atoms with E-state index in [9.17, 15) is 0 Å². The van der Waals surface area contributed by atoms with Crippen LogP contribution < -0.4 is 0 Å². The Balaban J connectivity index is 2.40. The van der Waals surface area contributed by atoms with Crippen molar-refractivity contribution in [2.24, 2.45) is 5.92 Å². The Hall–Kier alpha value is -0.430. The molecule has 0 spiro atoms. The molecule has 0 nitrogen and oxygen atoms in total. The average Bonchev–Trinajstić information content (AvgIpc) is 2.31. The van der Waals surface area contributed by atoms with E-state index >= 15 is 0 Å². The quantitative estimate of drug-likeness (QED) is 0.579. The molecular weight excluding hydrogens is 212 g/mol. The third kappa shape index (κ3) is 4.61. The normalized spacial score (nSPS) is 12.7. The number of unbranched alkanes of at least 4 members (excludes halogenated alkanes) is 1. The van der Waals surface area contributed by atoms with Gasteiger partial charge in [-0.05, 0) is 30.9 Å². The molecule has 1 rings (SSSR count). The van der Waals surface area contributed by atoms with Gasteiger partial charge < -0.3 is 0 Å². The molecule has 1 aromatic rings. The summed E-state index contributed by atoms with van der Waals surface area (Å²) in [7, 11) is 0. The van der Waals surface area contributed by atoms with Crippen molar-refractivity contribution in [2.45, 2.75) is 51.3 Å². The van der Waals surface area contributed by atoms with Crippen LogP contribution in [0.1, 0.15) is 45.1 Å². The van der Waals surface area contributed by atoms with Crippen molar-refractivity contribution in [3.8, 4) is 0 Å². The zero-order valence-electron chi connectivity index (χ0n) is 10.8. The van der Waals surface area contributed by atoms with E-state index in [0.717, 1.165) is 5.92 Å². The first-order valence-electron chi connectivity index (χ1n) is 6.46. The van der Waals surface area contributed by atoms with Gasteiger partial charge in [0, 0.05) is 10.6 Å². The van der Waals surface area contributed by atoms with Crippen LogP contribution >= 0.6 is 11.8 Å². The van der Waals surface area contributed by atoms with E-state index in [1.54, 1.807) is 0 Å². The summed E-state index contributed by atoms with van der Waals surface area (Å²) >= 11 is 2.03. The van der Waals surface area contributed by atoms with E-state index < -0.39 is 0 Å². The van der Waals surface area contributed by atoms with Crippen LogP contribution in [0.15, 0.2) is 29.2 Å². The third-order valence-corrected chi connectivity index (χ3v) is 4.52. The summed E-state index contributed by atoms with van der Waals surface area (Å²) in [6, 6.07) is 8.71. The van der Waals surface area contributed by atoms with Crippen LogP contribution in [0.2, 0.25) is 0 Å². The molecule has 0 aromatic heterocycles.